The molecule has 10 aromatic rings. The van der Waals surface area contributed by atoms with Gasteiger partial charge in [-0.05, 0) is 31.2 Å². The van der Waals surface area contributed by atoms with Gasteiger partial charge in [-0.1, -0.05) is 45.3 Å². The Kier molecular flexibility index (Phi) is 22.3. The standard InChI is InChI=1S/C17H12F3N7OS.C9H6F3N5.C8H4BrF3N2OS.C5H4F3N3.C4H3ClN2.CH4/c1-10-6-13(24-9-23-10)27(14-7-21-4-5-22-14)8-11-2-3-12(29-11)15-25-16(28-26-15)17(18,19)20;10-9(11,12)6-3-7(16-5-15-6)17-8-4-13-1-2-14-8;9-3-4-1-2-5(16-4)6-13-7(15-14-6)8(10,11)12;6-5(7,8)3-1-4(9)11-2-10-3;5-4-3-6-1-2-7-4;/h2-7,9H,8H2,1H3;1-5H,(H,14,15,16,17);1-2H,3H2;1-2H,(H2,9,10,11);1-3H;1H4. The molecule has 0 fully saturated rings. The van der Waals surface area contributed by atoms with Crippen LogP contribution in [0.25, 0.3) is 21.4 Å². The third kappa shape index (κ3) is 20.0. The van der Waals surface area contributed by atoms with E-state index >= 15 is 0 Å². The summed E-state index contributed by atoms with van der Waals surface area (Å²) >= 11 is 11.2. The first kappa shape index (κ1) is 63.3. The number of alkyl halides is 13. The number of nitrogens with zero attached hydrogens (tertiary/aromatic N) is 17. The Hall–Kier alpha value is -8.51. The molecule has 10 heterocycles. The number of hydrogen-bond acceptors (Lipinski definition) is 23. The number of aryl methyl sites for hydroxylation is 1. The fourth-order valence-corrected chi connectivity index (χ4v) is 7.72. The molecule has 0 unspecified atom stereocenters. The Morgan fingerprint density at radius 1 is 0.568 bits per heavy atom. The molecule has 0 aliphatic rings. The zero-order valence-corrected chi connectivity index (χ0v) is 43.5. The highest BCUT2D eigenvalue weighted by molar-refractivity contribution is 9.08. The minimum absolute atomic E-state index is 0. The first-order chi connectivity index (χ1) is 37.8. The van der Waals surface area contributed by atoms with Crippen molar-refractivity contribution in [2.45, 2.75) is 50.9 Å². The molecular weight excluding hydrogens is 1230 g/mol. The molecule has 0 radical (unpaired) electrons. The zero-order valence-electron chi connectivity index (χ0n) is 39.5. The van der Waals surface area contributed by atoms with Crippen LogP contribution in [0.15, 0.2) is 126 Å². The fraction of sp³-hybridized carbons (Fsp3) is 0.182. The number of aromatic nitrogens is 16. The molecule has 3 N–H and O–H groups in total. The van der Waals surface area contributed by atoms with Crippen molar-refractivity contribution in [3.8, 4) is 21.4 Å². The third-order valence-corrected chi connectivity index (χ3v) is 12.0. The van der Waals surface area contributed by atoms with Crippen molar-refractivity contribution in [2.75, 3.05) is 16.0 Å². The first-order valence-electron chi connectivity index (χ1n) is 21.2. The van der Waals surface area contributed by atoms with Crippen molar-refractivity contribution in [3.63, 3.8) is 0 Å². The van der Waals surface area contributed by atoms with Crippen LogP contribution < -0.4 is 16.0 Å². The van der Waals surface area contributed by atoms with E-state index in [1.54, 1.807) is 61.3 Å². The van der Waals surface area contributed by atoms with E-state index in [0.717, 1.165) is 34.2 Å². The van der Waals surface area contributed by atoms with Crippen LogP contribution in [0.3, 0.4) is 0 Å². The summed E-state index contributed by atoms with van der Waals surface area (Å²) in [7, 11) is 0. The Labute approximate surface area is 468 Å². The van der Waals surface area contributed by atoms with E-state index in [-0.39, 0.29) is 30.7 Å². The van der Waals surface area contributed by atoms with E-state index in [4.69, 9.17) is 17.3 Å². The quantitative estimate of drug-likeness (QED) is 0.100. The van der Waals surface area contributed by atoms with E-state index in [2.05, 4.69) is 110 Å². The highest BCUT2D eigenvalue weighted by Gasteiger charge is 2.40. The van der Waals surface area contributed by atoms with Gasteiger partial charge in [0.05, 0.1) is 34.9 Å². The number of thiophene rings is 2. The van der Waals surface area contributed by atoms with Gasteiger partial charge in [-0.2, -0.15) is 62.7 Å². The second kappa shape index (κ2) is 28.6. The molecule has 0 aliphatic carbocycles. The van der Waals surface area contributed by atoms with Crippen LogP contribution in [-0.2, 0) is 36.6 Å². The monoisotopic (exact) mass is 1270 g/mol. The summed E-state index contributed by atoms with van der Waals surface area (Å²) in [4.78, 5) is 56.3. The number of nitrogen functional groups attached to an aromatic ring is 1. The molecule has 10 rings (SSSR count). The van der Waals surface area contributed by atoms with E-state index in [1.165, 1.54) is 53.8 Å². The minimum Gasteiger partial charge on any atom is -0.384 e. The van der Waals surface area contributed by atoms with Crippen LogP contribution in [0.4, 0.5) is 81.8 Å². The van der Waals surface area contributed by atoms with E-state index in [1.807, 2.05) is 11.8 Å². The van der Waals surface area contributed by atoms with Gasteiger partial charge in [-0.15, -0.1) is 22.7 Å². The molecule has 0 bridgehead atoms. The van der Waals surface area contributed by atoms with Crippen molar-refractivity contribution < 1.29 is 61.7 Å². The lowest BCUT2D eigenvalue weighted by molar-refractivity contribution is -0.160. The third-order valence-electron chi connectivity index (χ3n) is 8.73. The molecular formula is C44H33BrClF12N19O2S2. The molecule has 21 nitrogen and oxygen atoms in total. The molecule has 0 saturated carbocycles. The van der Waals surface area contributed by atoms with Gasteiger partial charge >= 0.3 is 36.5 Å². The van der Waals surface area contributed by atoms with Crippen LogP contribution in [0, 0.1) is 6.92 Å². The molecule has 0 amide bonds. The number of hydrogen-bond donors (Lipinski definition) is 2. The average molecular weight is 1270 g/mol. The Balaban J connectivity index is 0.000000200. The number of anilines is 5. The number of rotatable bonds is 9. The maximum Gasteiger partial charge on any atom is 0.471 e. The number of nitrogens with two attached hydrogens (primary N) is 1. The van der Waals surface area contributed by atoms with Gasteiger partial charge in [0, 0.05) is 76.2 Å². The Morgan fingerprint density at radius 2 is 1.10 bits per heavy atom. The SMILES string of the molecule is C.Cc1cc(N(Cc2ccc(-c3noc(C(F)(F)F)n3)s2)c2cnccn2)ncn1.Clc1cnccn1.FC(F)(F)c1cc(Nc2cnccn2)ncn1.FC(F)(F)c1nc(-c2ccc(CBr)s2)no1.Nc1cc(C(F)(F)F)ncn1. The van der Waals surface area contributed by atoms with E-state index < -0.39 is 47.9 Å². The normalized spacial score (nSPS) is 11.2. The summed E-state index contributed by atoms with van der Waals surface area (Å²) < 4.78 is 156. The van der Waals surface area contributed by atoms with Crippen molar-refractivity contribution in [3.05, 3.63) is 161 Å². The first-order valence-corrected chi connectivity index (χ1v) is 24.4. The minimum atomic E-state index is -4.68. The molecule has 10 aromatic heterocycles. The topological polar surface area (TPSA) is 274 Å². The van der Waals surface area contributed by atoms with Crippen LogP contribution in [0.5, 0.6) is 0 Å². The van der Waals surface area contributed by atoms with Gasteiger partial charge in [0.1, 0.15) is 58.8 Å². The summed E-state index contributed by atoms with van der Waals surface area (Å²) in [6, 6.07) is 10.2. The second-order valence-electron chi connectivity index (χ2n) is 14.5. The molecule has 426 valence electrons. The lowest BCUT2D eigenvalue weighted by Gasteiger charge is -2.21. The van der Waals surface area contributed by atoms with Crippen molar-refractivity contribution in [2.24, 2.45) is 0 Å². The van der Waals surface area contributed by atoms with Gasteiger partial charge < -0.3 is 25.0 Å². The van der Waals surface area contributed by atoms with Gasteiger partial charge in [-0.3, -0.25) is 15.0 Å². The number of nitrogens with one attached hydrogen (secondary N) is 1. The van der Waals surface area contributed by atoms with Crippen LogP contribution in [-0.4, -0.2) is 80.1 Å². The predicted octanol–water partition coefficient (Wildman–Crippen LogP) is 12.6. The molecule has 37 heteroatoms. The smallest absolute Gasteiger partial charge is 0.384 e. The van der Waals surface area contributed by atoms with E-state index in [9.17, 15) is 52.7 Å². The lowest BCUT2D eigenvalue weighted by Crippen LogP contribution is -2.18. The van der Waals surface area contributed by atoms with Crippen molar-refractivity contribution >= 4 is 79.3 Å². The van der Waals surface area contributed by atoms with E-state index in [0.29, 0.717) is 50.3 Å². The summed E-state index contributed by atoms with van der Waals surface area (Å²) in [5.74, 6) is -1.54. The lowest BCUT2D eigenvalue weighted by atomic mass is 10.3. The van der Waals surface area contributed by atoms with Gasteiger partial charge in [-0.25, -0.2) is 44.9 Å². The van der Waals surface area contributed by atoms with Crippen LogP contribution >= 0.6 is 50.2 Å². The maximum absolute atomic E-state index is 12.7. The molecule has 0 atom stereocenters. The average Bonchev–Trinajstić information content (AvgIpc) is 4.41. The maximum atomic E-state index is 12.7. The van der Waals surface area contributed by atoms with Crippen molar-refractivity contribution in [1.82, 2.24) is 80.1 Å². The van der Waals surface area contributed by atoms with Gasteiger partial charge in [0.15, 0.2) is 5.82 Å². The Bertz CT molecular complexity index is 3490. The largest absolute Gasteiger partial charge is 0.471 e. The summed E-state index contributed by atoms with van der Waals surface area (Å²) in [6.45, 7) is 2.21. The van der Waals surface area contributed by atoms with Gasteiger partial charge in [0.25, 0.3) is 0 Å². The molecule has 0 aliphatic heterocycles. The molecule has 0 saturated heterocycles. The summed E-state index contributed by atoms with van der Waals surface area (Å²) in [5.41, 5.74) is 3.75. The van der Waals surface area contributed by atoms with Crippen LogP contribution in [0.1, 0.15) is 46.0 Å². The zero-order chi connectivity index (χ0) is 58.1. The molecule has 81 heavy (non-hydrogen) atoms. The predicted molar refractivity (Wildman–Crippen MR) is 270 cm³/mol. The van der Waals surface area contributed by atoms with Gasteiger partial charge in [0.2, 0.25) is 11.6 Å². The fourth-order valence-electron chi connectivity index (χ4n) is 5.37. The van der Waals surface area contributed by atoms with Crippen LogP contribution in [0.2, 0.25) is 5.15 Å². The van der Waals surface area contributed by atoms with Crippen molar-refractivity contribution in [1.29, 1.82) is 0 Å². The second-order valence-corrected chi connectivity index (χ2v) is 17.8. The summed E-state index contributed by atoms with van der Waals surface area (Å²) in [5, 5.41) is 10.4. The number of halogens is 14. The molecule has 0 spiro atoms. The Morgan fingerprint density at radius 3 is 1.54 bits per heavy atom. The summed E-state index contributed by atoms with van der Waals surface area (Å²) in [6.07, 6.45) is -1.60. The molecule has 0 aromatic carbocycles. The highest BCUT2D eigenvalue weighted by Crippen LogP contribution is 2.35. The highest BCUT2D eigenvalue weighted by atomic mass is 79.9.